The fourth-order valence-corrected chi connectivity index (χ4v) is 1.87. The minimum Gasteiger partial charge on any atom is -0.465 e. The second kappa shape index (κ2) is 7.34. The number of benzene rings is 1. The molecule has 0 aromatic heterocycles. The molecule has 0 amide bonds. The monoisotopic (exact) mass is 334 g/mol. The van der Waals surface area contributed by atoms with Crippen molar-refractivity contribution in [1.82, 2.24) is 0 Å². The van der Waals surface area contributed by atoms with E-state index in [9.17, 15) is 22.8 Å². The highest BCUT2D eigenvalue weighted by molar-refractivity contribution is 6.05. The van der Waals surface area contributed by atoms with Crippen molar-refractivity contribution < 1.29 is 37.0 Å². The standard InChI is InChI=1S/C15H17F3O5/c1-4-21-12(19)14(3,13(20)22-5-2)10-7-6-8-11(9-10)23-15(16,17)18/h6-9H,4-5H2,1-3H3. The van der Waals surface area contributed by atoms with Crippen LogP contribution in [-0.4, -0.2) is 31.5 Å². The number of halogens is 3. The Kier molecular flexibility index (Phi) is 6.00. The topological polar surface area (TPSA) is 61.8 Å². The highest BCUT2D eigenvalue weighted by atomic mass is 19.4. The quantitative estimate of drug-likeness (QED) is 0.591. The summed E-state index contributed by atoms with van der Waals surface area (Å²) in [6.07, 6.45) is -4.89. The fourth-order valence-electron chi connectivity index (χ4n) is 1.87. The molecule has 128 valence electrons. The van der Waals surface area contributed by atoms with Gasteiger partial charge in [-0.2, -0.15) is 0 Å². The molecule has 0 saturated carbocycles. The van der Waals surface area contributed by atoms with Crippen LogP contribution >= 0.6 is 0 Å². The van der Waals surface area contributed by atoms with Crippen molar-refractivity contribution in [1.29, 1.82) is 0 Å². The Morgan fingerprint density at radius 2 is 1.57 bits per heavy atom. The summed E-state index contributed by atoms with van der Waals surface area (Å²) in [4.78, 5) is 24.4. The number of hydrogen-bond acceptors (Lipinski definition) is 5. The lowest BCUT2D eigenvalue weighted by Crippen LogP contribution is -2.43. The molecule has 1 aromatic rings. The van der Waals surface area contributed by atoms with Crippen molar-refractivity contribution in [3.8, 4) is 5.75 Å². The Balaban J connectivity index is 3.29. The van der Waals surface area contributed by atoms with Crippen LogP contribution < -0.4 is 4.74 Å². The van der Waals surface area contributed by atoms with Crippen molar-refractivity contribution in [2.75, 3.05) is 13.2 Å². The van der Waals surface area contributed by atoms with Gasteiger partial charge in [0.25, 0.3) is 0 Å². The van der Waals surface area contributed by atoms with Gasteiger partial charge in [-0.3, -0.25) is 9.59 Å². The van der Waals surface area contributed by atoms with Gasteiger partial charge in [0, 0.05) is 0 Å². The van der Waals surface area contributed by atoms with E-state index >= 15 is 0 Å². The first kappa shape index (κ1) is 18.8. The Labute approximate surface area is 131 Å². The third kappa shape index (κ3) is 4.61. The van der Waals surface area contributed by atoms with Gasteiger partial charge in [-0.25, -0.2) is 0 Å². The molecule has 0 radical (unpaired) electrons. The van der Waals surface area contributed by atoms with Gasteiger partial charge in [-0.05, 0) is 38.5 Å². The molecule has 8 heteroatoms. The molecule has 0 aliphatic carbocycles. The summed E-state index contributed by atoms with van der Waals surface area (Å²) in [5, 5.41) is 0. The van der Waals surface area contributed by atoms with Crippen molar-refractivity contribution in [3.63, 3.8) is 0 Å². The van der Waals surface area contributed by atoms with E-state index in [1.54, 1.807) is 13.8 Å². The second-order valence-electron chi connectivity index (χ2n) is 4.64. The van der Waals surface area contributed by atoms with E-state index in [1.807, 2.05) is 0 Å². The third-order valence-electron chi connectivity index (χ3n) is 3.01. The average molecular weight is 334 g/mol. The van der Waals surface area contributed by atoms with Crippen LogP contribution in [0, 0.1) is 0 Å². The van der Waals surface area contributed by atoms with Crippen LogP contribution in [0.25, 0.3) is 0 Å². The molecule has 0 heterocycles. The normalized spacial score (nSPS) is 11.7. The fraction of sp³-hybridized carbons (Fsp3) is 0.467. The predicted octanol–water partition coefficient (Wildman–Crippen LogP) is 2.97. The van der Waals surface area contributed by atoms with Crippen LogP contribution in [0.3, 0.4) is 0 Å². The van der Waals surface area contributed by atoms with Gasteiger partial charge in [-0.1, -0.05) is 12.1 Å². The zero-order chi connectivity index (χ0) is 17.7. The van der Waals surface area contributed by atoms with Crippen LogP contribution in [0.4, 0.5) is 13.2 Å². The average Bonchev–Trinajstić information content (AvgIpc) is 2.45. The molecule has 0 unspecified atom stereocenters. The lowest BCUT2D eigenvalue weighted by atomic mass is 9.82. The first-order valence-corrected chi connectivity index (χ1v) is 6.85. The van der Waals surface area contributed by atoms with E-state index in [0.717, 1.165) is 12.1 Å². The molecular weight excluding hydrogens is 317 g/mol. The van der Waals surface area contributed by atoms with Gasteiger partial charge in [-0.15, -0.1) is 13.2 Å². The summed E-state index contributed by atoms with van der Waals surface area (Å²) in [6, 6.07) is 4.60. The van der Waals surface area contributed by atoms with E-state index in [4.69, 9.17) is 9.47 Å². The lowest BCUT2D eigenvalue weighted by molar-refractivity contribution is -0.274. The molecule has 1 rings (SSSR count). The van der Waals surface area contributed by atoms with Gasteiger partial charge >= 0.3 is 18.3 Å². The molecule has 0 saturated heterocycles. The largest absolute Gasteiger partial charge is 0.573 e. The van der Waals surface area contributed by atoms with Crippen LogP contribution in [0.1, 0.15) is 26.3 Å². The van der Waals surface area contributed by atoms with Gasteiger partial charge < -0.3 is 14.2 Å². The van der Waals surface area contributed by atoms with E-state index < -0.39 is 29.5 Å². The molecule has 0 spiro atoms. The van der Waals surface area contributed by atoms with Crippen LogP contribution in [0.5, 0.6) is 5.75 Å². The Hall–Kier alpha value is -2.25. The minimum atomic E-state index is -4.89. The molecule has 1 aromatic carbocycles. The number of ether oxygens (including phenoxy) is 3. The van der Waals surface area contributed by atoms with E-state index in [2.05, 4.69) is 4.74 Å². The molecular formula is C15H17F3O5. The van der Waals surface area contributed by atoms with Crippen molar-refractivity contribution >= 4 is 11.9 Å². The molecule has 0 atom stereocenters. The summed E-state index contributed by atoms with van der Waals surface area (Å²) in [7, 11) is 0. The van der Waals surface area contributed by atoms with E-state index in [0.29, 0.717) is 0 Å². The summed E-state index contributed by atoms with van der Waals surface area (Å²) < 4.78 is 50.5. The van der Waals surface area contributed by atoms with Crippen molar-refractivity contribution in [2.24, 2.45) is 0 Å². The highest BCUT2D eigenvalue weighted by Crippen LogP contribution is 2.32. The second-order valence-corrected chi connectivity index (χ2v) is 4.64. The van der Waals surface area contributed by atoms with Crippen LogP contribution in [0.15, 0.2) is 24.3 Å². The molecule has 0 bridgehead atoms. The third-order valence-corrected chi connectivity index (χ3v) is 3.01. The summed E-state index contributed by atoms with van der Waals surface area (Å²) >= 11 is 0. The number of hydrogen-bond donors (Lipinski definition) is 0. The summed E-state index contributed by atoms with van der Waals surface area (Å²) in [6.45, 7) is 4.34. The number of carbonyl (C=O) groups is 2. The van der Waals surface area contributed by atoms with E-state index in [1.165, 1.54) is 19.1 Å². The zero-order valence-corrected chi connectivity index (χ0v) is 12.9. The van der Waals surface area contributed by atoms with Crippen LogP contribution in [0.2, 0.25) is 0 Å². The van der Waals surface area contributed by atoms with Gasteiger partial charge in [0.15, 0.2) is 5.41 Å². The van der Waals surface area contributed by atoms with E-state index in [-0.39, 0.29) is 18.8 Å². The first-order valence-electron chi connectivity index (χ1n) is 6.85. The molecule has 0 fully saturated rings. The number of carbonyl (C=O) groups excluding carboxylic acids is 2. The Bertz CT molecular complexity index is 550. The lowest BCUT2D eigenvalue weighted by Gasteiger charge is -2.25. The molecule has 5 nitrogen and oxygen atoms in total. The molecule has 0 N–H and O–H groups in total. The highest BCUT2D eigenvalue weighted by Gasteiger charge is 2.46. The number of esters is 2. The maximum absolute atomic E-state index is 12.3. The predicted molar refractivity (Wildman–Crippen MR) is 73.7 cm³/mol. The minimum absolute atomic E-state index is 0.00652. The number of alkyl halides is 3. The first-order chi connectivity index (χ1) is 10.6. The van der Waals surface area contributed by atoms with Gasteiger partial charge in [0.2, 0.25) is 0 Å². The van der Waals surface area contributed by atoms with Crippen molar-refractivity contribution in [3.05, 3.63) is 29.8 Å². The SMILES string of the molecule is CCOC(=O)C(C)(C(=O)OCC)c1cccc(OC(F)(F)F)c1. The Morgan fingerprint density at radius 3 is 2.00 bits per heavy atom. The molecule has 0 aliphatic rings. The molecule has 0 aliphatic heterocycles. The zero-order valence-electron chi connectivity index (χ0n) is 12.9. The maximum Gasteiger partial charge on any atom is 0.573 e. The van der Waals surface area contributed by atoms with Crippen molar-refractivity contribution in [2.45, 2.75) is 32.5 Å². The smallest absolute Gasteiger partial charge is 0.465 e. The number of rotatable bonds is 6. The summed E-state index contributed by atoms with van der Waals surface area (Å²) in [5.74, 6) is -2.37. The maximum atomic E-state index is 12.3. The molecule has 23 heavy (non-hydrogen) atoms. The van der Waals surface area contributed by atoms with Gasteiger partial charge in [0.05, 0.1) is 13.2 Å². The van der Waals surface area contributed by atoms with Crippen LogP contribution in [-0.2, 0) is 24.5 Å². The summed E-state index contributed by atoms with van der Waals surface area (Å²) in [5.41, 5.74) is -1.91. The Morgan fingerprint density at radius 1 is 1.04 bits per heavy atom. The van der Waals surface area contributed by atoms with Gasteiger partial charge in [0.1, 0.15) is 5.75 Å².